The molecule has 90 valence electrons. The van der Waals surface area contributed by atoms with Crippen LogP contribution in [0.4, 0.5) is 0 Å². The number of rotatable bonds is 2. The molecule has 6 heteroatoms. The molecule has 0 aliphatic carbocycles. The molecule has 2 N–H and O–H groups in total. The van der Waals surface area contributed by atoms with E-state index in [4.69, 9.17) is 10.4 Å². The maximum atomic E-state index is 11.8. The van der Waals surface area contributed by atoms with Gasteiger partial charge in [0.1, 0.15) is 11.8 Å². The van der Waals surface area contributed by atoms with Crippen LogP contribution in [0.15, 0.2) is 17.1 Å². The molecular formula is C12H9N3O3. The first kappa shape index (κ1) is 11.8. The first-order valence-electron chi connectivity index (χ1n) is 5.17. The molecule has 0 aromatic carbocycles. The van der Waals surface area contributed by atoms with Crippen LogP contribution < -0.4 is 5.56 Å². The van der Waals surface area contributed by atoms with Gasteiger partial charge in [-0.15, -0.1) is 0 Å². The number of aromatic amines is 1. The fourth-order valence-corrected chi connectivity index (χ4v) is 1.91. The van der Waals surface area contributed by atoms with Crippen LogP contribution in [0.2, 0.25) is 0 Å². The zero-order chi connectivity index (χ0) is 13.3. The van der Waals surface area contributed by atoms with Crippen molar-refractivity contribution in [2.24, 2.45) is 0 Å². The van der Waals surface area contributed by atoms with Gasteiger partial charge >= 0.3 is 5.97 Å². The lowest BCUT2D eigenvalue weighted by atomic mass is 10.0. The van der Waals surface area contributed by atoms with E-state index in [9.17, 15) is 9.59 Å². The Labute approximate surface area is 102 Å². The van der Waals surface area contributed by atoms with Gasteiger partial charge in [0.25, 0.3) is 5.56 Å². The summed E-state index contributed by atoms with van der Waals surface area (Å²) in [5.74, 6) is -1.09. The summed E-state index contributed by atoms with van der Waals surface area (Å²) in [6, 6.07) is 3.51. The number of carboxylic acids is 1. The molecule has 2 aromatic rings. The summed E-state index contributed by atoms with van der Waals surface area (Å²) in [6.45, 7) is 1.62. The molecule has 0 aliphatic heterocycles. The van der Waals surface area contributed by atoms with Gasteiger partial charge in [-0.1, -0.05) is 0 Å². The lowest BCUT2D eigenvalue weighted by molar-refractivity contribution is -0.136. The highest BCUT2D eigenvalue weighted by Gasteiger charge is 2.14. The van der Waals surface area contributed by atoms with Crippen molar-refractivity contribution in [1.82, 2.24) is 9.97 Å². The third-order valence-corrected chi connectivity index (χ3v) is 2.73. The van der Waals surface area contributed by atoms with Gasteiger partial charge < -0.3 is 10.1 Å². The van der Waals surface area contributed by atoms with Gasteiger partial charge in [-0.25, -0.2) is 4.98 Å². The summed E-state index contributed by atoms with van der Waals surface area (Å²) in [5, 5.41) is 18.3. The molecule has 18 heavy (non-hydrogen) atoms. The quantitative estimate of drug-likeness (QED) is 0.808. The molecule has 0 saturated carbocycles. The first-order chi connectivity index (χ1) is 8.54. The van der Waals surface area contributed by atoms with Gasteiger partial charge in [0.05, 0.1) is 11.9 Å². The fraction of sp³-hybridized carbons (Fsp3) is 0.167. The largest absolute Gasteiger partial charge is 0.481 e. The minimum Gasteiger partial charge on any atom is -0.481 e. The molecule has 0 bridgehead atoms. The predicted molar refractivity (Wildman–Crippen MR) is 63.2 cm³/mol. The molecule has 0 aliphatic rings. The number of nitrogens with zero attached hydrogens (tertiary/aromatic N) is 2. The smallest absolute Gasteiger partial charge is 0.308 e. The maximum absolute atomic E-state index is 11.8. The van der Waals surface area contributed by atoms with E-state index in [0.717, 1.165) is 0 Å². The van der Waals surface area contributed by atoms with E-state index >= 15 is 0 Å². The van der Waals surface area contributed by atoms with Crippen LogP contribution in [-0.4, -0.2) is 21.0 Å². The van der Waals surface area contributed by atoms with E-state index < -0.39 is 11.5 Å². The second-order valence-corrected chi connectivity index (χ2v) is 3.82. The second-order valence-electron chi connectivity index (χ2n) is 3.82. The molecule has 0 saturated heterocycles. The summed E-state index contributed by atoms with van der Waals surface area (Å²) >= 11 is 0. The van der Waals surface area contributed by atoms with E-state index in [1.165, 1.54) is 6.20 Å². The minimum absolute atomic E-state index is 0.152. The Bertz CT molecular complexity index is 741. The Balaban J connectivity index is 2.88. The monoisotopic (exact) mass is 243 g/mol. The summed E-state index contributed by atoms with van der Waals surface area (Å²) in [5.41, 5.74) is 0.851. The summed E-state index contributed by atoms with van der Waals surface area (Å²) in [7, 11) is 0. The van der Waals surface area contributed by atoms with E-state index in [2.05, 4.69) is 9.97 Å². The van der Waals surface area contributed by atoms with Gasteiger partial charge in [0, 0.05) is 17.1 Å². The molecular weight excluding hydrogens is 234 g/mol. The Morgan fingerprint density at radius 3 is 2.94 bits per heavy atom. The van der Waals surface area contributed by atoms with E-state index in [1.54, 1.807) is 13.0 Å². The van der Waals surface area contributed by atoms with Crippen LogP contribution in [0, 0.1) is 18.3 Å². The molecule has 0 fully saturated rings. The summed E-state index contributed by atoms with van der Waals surface area (Å²) in [6.07, 6.45) is 1.05. The molecule has 0 radical (unpaired) electrons. The van der Waals surface area contributed by atoms with Crippen molar-refractivity contribution in [1.29, 1.82) is 5.26 Å². The van der Waals surface area contributed by atoms with Crippen LogP contribution in [-0.2, 0) is 11.2 Å². The van der Waals surface area contributed by atoms with Gasteiger partial charge in [0.2, 0.25) is 0 Å². The van der Waals surface area contributed by atoms with Gasteiger partial charge in [0.15, 0.2) is 0 Å². The third kappa shape index (κ3) is 1.82. The normalized spacial score (nSPS) is 10.2. The average Bonchev–Trinajstić information content (AvgIpc) is 2.33. The van der Waals surface area contributed by atoms with Crippen molar-refractivity contribution in [3.8, 4) is 6.07 Å². The number of carbonyl (C=O) groups is 1. The van der Waals surface area contributed by atoms with Crippen LogP contribution in [0.5, 0.6) is 0 Å². The number of hydrogen-bond acceptors (Lipinski definition) is 4. The number of carboxylic acid groups (broad SMARTS) is 1. The van der Waals surface area contributed by atoms with Crippen LogP contribution in [0.25, 0.3) is 10.9 Å². The van der Waals surface area contributed by atoms with Crippen molar-refractivity contribution < 1.29 is 9.90 Å². The first-order valence-corrected chi connectivity index (χ1v) is 5.17. The average molecular weight is 243 g/mol. The molecule has 0 amide bonds. The third-order valence-electron chi connectivity index (χ3n) is 2.73. The Hall–Kier alpha value is -2.68. The van der Waals surface area contributed by atoms with Crippen molar-refractivity contribution >= 4 is 16.9 Å². The second kappa shape index (κ2) is 4.30. The molecule has 0 spiro atoms. The molecule has 0 unspecified atom stereocenters. The molecule has 6 nitrogen and oxygen atoms in total. The molecule has 2 aromatic heterocycles. The van der Waals surface area contributed by atoms with Gasteiger partial charge in [-0.3, -0.25) is 9.59 Å². The van der Waals surface area contributed by atoms with Crippen molar-refractivity contribution in [2.45, 2.75) is 13.3 Å². The lowest BCUT2D eigenvalue weighted by Gasteiger charge is -2.07. The standard InChI is InChI=1S/C12H9N3O3/c1-6-7(4-10(16)17)12(18)15-8-2-3-14-9(5-13)11(6)8/h2-3H,4H2,1H3,(H,15,18)(H,16,17). The molecule has 0 atom stereocenters. The topological polar surface area (TPSA) is 107 Å². The number of nitrogens with one attached hydrogen (secondary N) is 1. The number of nitriles is 1. The number of aryl methyl sites for hydroxylation is 1. The Morgan fingerprint density at radius 1 is 1.61 bits per heavy atom. The highest BCUT2D eigenvalue weighted by Crippen LogP contribution is 2.19. The van der Waals surface area contributed by atoms with Gasteiger partial charge in [-0.05, 0) is 18.6 Å². The van der Waals surface area contributed by atoms with Gasteiger partial charge in [-0.2, -0.15) is 5.26 Å². The highest BCUT2D eigenvalue weighted by molar-refractivity contribution is 5.87. The van der Waals surface area contributed by atoms with Crippen molar-refractivity contribution in [3.63, 3.8) is 0 Å². The van der Waals surface area contributed by atoms with Crippen LogP contribution in [0.1, 0.15) is 16.8 Å². The zero-order valence-corrected chi connectivity index (χ0v) is 9.52. The van der Waals surface area contributed by atoms with Crippen molar-refractivity contribution in [3.05, 3.63) is 39.4 Å². The number of pyridine rings is 2. The van der Waals surface area contributed by atoms with Crippen LogP contribution >= 0.6 is 0 Å². The Kier molecular flexibility index (Phi) is 2.81. The number of H-pyrrole nitrogens is 1. The Morgan fingerprint density at radius 2 is 2.33 bits per heavy atom. The van der Waals surface area contributed by atoms with E-state index in [-0.39, 0.29) is 17.7 Å². The molecule has 2 heterocycles. The van der Waals surface area contributed by atoms with Crippen molar-refractivity contribution in [2.75, 3.05) is 0 Å². The summed E-state index contributed by atoms with van der Waals surface area (Å²) in [4.78, 5) is 29.0. The number of fused-ring (bicyclic) bond motifs is 1. The molecule has 2 rings (SSSR count). The number of aliphatic carboxylic acids is 1. The predicted octanol–water partition coefficient (Wildman–Crippen LogP) is 0.730. The highest BCUT2D eigenvalue weighted by atomic mass is 16.4. The lowest BCUT2D eigenvalue weighted by Crippen LogP contribution is -2.18. The van der Waals surface area contributed by atoms with E-state index in [1.807, 2.05) is 6.07 Å². The fourth-order valence-electron chi connectivity index (χ4n) is 1.91. The SMILES string of the molecule is Cc1c(CC(=O)O)c(=O)[nH]c2ccnc(C#N)c12. The summed E-state index contributed by atoms with van der Waals surface area (Å²) < 4.78 is 0. The maximum Gasteiger partial charge on any atom is 0.308 e. The minimum atomic E-state index is -1.09. The van der Waals surface area contributed by atoms with E-state index in [0.29, 0.717) is 16.5 Å². The zero-order valence-electron chi connectivity index (χ0n) is 9.52. The van der Waals surface area contributed by atoms with Crippen LogP contribution in [0.3, 0.4) is 0 Å². The number of hydrogen-bond donors (Lipinski definition) is 2. The number of aromatic nitrogens is 2.